The van der Waals surface area contributed by atoms with Gasteiger partial charge in [0.15, 0.2) is 11.5 Å². The second-order valence-corrected chi connectivity index (χ2v) is 9.24. The van der Waals surface area contributed by atoms with E-state index in [2.05, 4.69) is 71.3 Å². The standard InChI is InChI=1S/C29H32N2O3/c1-20-25-17-28(34-3)27(33-2)16-23(25)13-14-31(20)29(32)26-15-22-11-7-8-12-24(22)19-30(26)18-21-9-5-4-6-10-21/h4-12,16-17,20,26H,13-15,18-19H2,1-3H3/t20?,26-/m0/s1. The Hall–Kier alpha value is -3.31. The number of carbonyl (C=O) groups is 1. The van der Waals surface area contributed by atoms with Crippen molar-refractivity contribution in [2.75, 3.05) is 20.8 Å². The van der Waals surface area contributed by atoms with Crippen LogP contribution < -0.4 is 9.47 Å². The zero-order valence-electron chi connectivity index (χ0n) is 20.2. The van der Waals surface area contributed by atoms with Gasteiger partial charge < -0.3 is 14.4 Å². The number of ether oxygens (including phenoxy) is 2. The number of benzene rings is 3. The third-order valence-electron chi connectivity index (χ3n) is 7.33. The van der Waals surface area contributed by atoms with Crippen LogP contribution >= 0.6 is 0 Å². The SMILES string of the molecule is COc1cc2c(cc1OC)C(C)N(C(=O)[C@@H]1Cc3ccccc3CN1Cc1ccccc1)CC2. The van der Waals surface area contributed by atoms with Gasteiger partial charge in [-0.05, 0) is 59.7 Å². The lowest BCUT2D eigenvalue weighted by Gasteiger charge is -2.42. The van der Waals surface area contributed by atoms with Crippen LogP contribution in [0.1, 0.15) is 40.8 Å². The van der Waals surface area contributed by atoms with Gasteiger partial charge in [0.05, 0.1) is 26.3 Å². The van der Waals surface area contributed by atoms with E-state index in [1.165, 1.54) is 22.3 Å². The molecule has 5 rings (SSSR count). The normalized spacial score (nSPS) is 19.8. The molecule has 34 heavy (non-hydrogen) atoms. The Morgan fingerprint density at radius 2 is 1.59 bits per heavy atom. The van der Waals surface area contributed by atoms with Crippen molar-refractivity contribution in [3.05, 3.63) is 94.5 Å². The van der Waals surface area contributed by atoms with Crippen LogP contribution in [0.3, 0.4) is 0 Å². The van der Waals surface area contributed by atoms with Gasteiger partial charge in [0.1, 0.15) is 0 Å². The van der Waals surface area contributed by atoms with Crippen molar-refractivity contribution in [3.8, 4) is 11.5 Å². The first-order valence-electron chi connectivity index (χ1n) is 12.0. The maximum absolute atomic E-state index is 14.1. The van der Waals surface area contributed by atoms with Gasteiger partial charge >= 0.3 is 0 Å². The van der Waals surface area contributed by atoms with E-state index in [4.69, 9.17) is 9.47 Å². The van der Waals surface area contributed by atoms with Crippen LogP contribution in [0.5, 0.6) is 11.5 Å². The molecule has 1 unspecified atom stereocenters. The molecule has 2 aliphatic rings. The molecule has 5 nitrogen and oxygen atoms in total. The van der Waals surface area contributed by atoms with Crippen molar-refractivity contribution >= 4 is 5.91 Å². The van der Waals surface area contributed by atoms with E-state index in [-0.39, 0.29) is 18.0 Å². The number of methoxy groups -OCH3 is 2. The van der Waals surface area contributed by atoms with E-state index in [1.807, 2.05) is 12.1 Å². The minimum absolute atomic E-state index is 0.0215. The van der Waals surface area contributed by atoms with Crippen LogP contribution in [0, 0.1) is 0 Å². The molecule has 0 N–H and O–H groups in total. The van der Waals surface area contributed by atoms with Crippen LogP contribution in [0.4, 0.5) is 0 Å². The fourth-order valence-corrected chi connectivity index (χ4v) is 5.44. The zero-order valence-corrected chi connectivity index (χ0v) is 20.2. The fourth-order valence-electron chi connectivity index (χ4n) is 5.44. The highest BCUT2D eigenvalue weighted by Crippen LogP contribution is 2.39. The number of rotatable bonds is 5. The molecule has 2 aliphatic heterocycles. The Kier molecular flexibility index (Phi) is 6.29. The first-order valence-corrected chi connectivity index (χ1v) is 12.0. The number of fused-ring (bicyclic) bond motifs is 2. The van der Waals surface area contributed by atoms with Gasteiger partial charge in [-0.3, -0.25) is 9.69 Å². The van der Waals surface area contributed by atoms with Crippen molar-refractivity contribution in [2.24, 2.45) is 0 Å². The van der Waals surface area contributed by atoms with Crippen LogP contribution in [-0.4, -0.2) is 42.5 Å². The summed E-state index contributed by atoms with van der Waals surface area (Å²) in [7, 11) is 3.32. The smallest absolute Gasteiger partial charge is 0.240 e. The second kappa shape index (κ2) is 9.51. The summed E-state index contributed by atoms with van der Waals surface area (Å²) in [4.78, 5) is 18.5. The molecule has 0 saturated heterocycles. The Balaban J connectivity index is 1.45. The monoisotopic (exact) mass is 456 g/mol. The number of carbonyl (C=O) groups excluding carboxylic acids is 1. The summed E-state index contributed by atoms with van der Waals surface area (Å²) >= 11 is 0. The molecule has 2 heterocycles. The Morgan fingerprint density at radius 3 is 2.32 bits per heavy atom. The van der Waals surface area contributed by atoms with Gasteiger partial charge in [0.2, 0.25) is 5.91 Å². The molecule has 0 aromatic heterocycles. The molecule has 5 heteroatoms. The predicted octanol–water partition coefficient (Wildman–Crippen LogP) is 4.78. The quantitative estimate of drug-likeness (QED) is 0.554. The number of amides is 1. The van der Waals surface area contributed by atoms with Crippen molar-refractivity contribution < 1.29 is 14.3 Å². The summed E-state index contributed by atoms with van der Waals surface area (Å²) < 4.78 is 11.0. The van der Waals surface area contributed by atoms with Gasteiger partial charge in [0, 0.05) is 19.6 Å². The maximum Gasteiger partial charge on any atom is 0.240 e. The van der Waals surface area contributed by atoms with Crippen molar-refractivity contribution in [3.63, 3.8) is 0 Å². The molecular formula is C29H32N2O3. The molecule has 3 aromatic rings. The summed E-state index contributed by atoms with van der Waals surface area (Å²) in [6, 6.07) is 22.9. The molecule has 1 amide bonds. The van der Waals surface area contributed by atoms with E-state index in [1.54, 1.807) is 14.2 Å². The molecule has 0 spiro atoms. The maximum atomic E-state index is 14.1. The average Bonchev–Trinajstić information content (AvgIpc) is 2.88. The van der Waals surface area contributed by atoms with Gasteiger partial charge in [-0.25, -0.2) is 0 Å². The van der Waals surface area contributed by atoms with Crippen LogP contribution in [-0.2, 0) is 30.7 Å². The molecule has 0 aliphatic carbocycles. The second-order valence-electron chi connectivity index (χ2n) is 9.24. The van der Waals surface area contributed by atoms with Gasteiger partial charge in [-0.15, -0.1) is 0 Å². The van der Waals surface area contributed by atoms with Crippen LogP contribution in [0.25, 0.3) is 0 Å². The molecule has 3 aromatic carbocycles. The summed E-state index contributed by atoms with van der Waals surface area (Å²) in [5.41, 5.74) is 6.19. The summed E-state index contributed by atoms with van der Waals surface area (Å²) in [6.45, 7) is 4.38. The third kappa shape index (κ3) is 4.16. The highest BCUT2D eigenvalue weighted by molar-refractivity contribution is 5.83. The molecular weight excluding hydrogens is 424 g/mol. The summed E-state index contributed by atoms with van der Waals surface area (Å²) in [5, 5.41) is 0. The fraction of sp³-hybridized carbons (Fsp3) is 0.345. The molecule has 2 atom stereocenters. The van der Waals surface area contributed by atoms with Crippen LogP contribution in [0.2, 0.25) is 0 Å². The lowest BCUT2D eigenvalue weighted by Crippen LogP contribution is -2.53. The number of hydrogen-bond acceptors (Lipinski definition) is 4. The largest absolute Gasteiger partial charge is 0.493 e. The van der Waals surface area contributed by atoms with E-state index in [9.17, 15) is 4.79 Å². The molecule has 0 fully saturated rings. The molecule has 0 saturated carbocycles. The molecule has 0 bridgehead atoms. The lowest BCUT2D eigenvalue weighted by molar-refractivity contribution is -0.140. The van der Waals surface area contributed by atoms with Gasteiger partial charge in [-0.1, -0.05) is 54.6 Å². The minimum Gasteiger partial charge on any atom is -0.493 e. The lowest BCUT2D eigenvalue weighted by atomic mass is 9.89. The molecule has 176 valence electrons. The topological polar surface area (TPSA) is 42.0 Å². The van der Waals surface area contributed by atoms with E-state index >= 15 is 0 Å². The summed E-state index contributed by atoms with van der Waals surface area (Å²) in [5.74, 6) is 1.66. The van der Waals surface area contributed by atoms with Crippen molar-refractivity contribution in [1.29, 1.82) is 0 Å². The summed E-state index contributed by atoms with van der Waals surface area (Å²) in [6.07, 6.45) is 1.55. The van der Waals surface area contributed by atoms with Gasteiger partial charge in [-0.2, -0.15) is 0 Å². The zero-order chi connectivity index (χ0) is 23.7. The third-order valence-corrected chi connectivity index (χ3v) is 7.33. The van der Waals surface area contributed by atoms with Crippen molar-refractivity contribution in [1.82, 2.24) is 9.80 Å². The van der Waals surface area contributed by atoms with Crippen LogP contribution in [0.15, 0.2) is 66.7 Å². The van der Waals surface area contributed by atoms with E-state index < -0.39 is 0 Å². The Bertz CT molecular complexity index is 1180. The first kappa shape index (κ1) is 22.5. The van der Waals surface area contributed by atoms with Gasteiger partial charge in [0.25, 0.3) is 0 Å². The van der Waals surface area contributed by atoms with E-state index in [0.29, 0.717) is 12.3 Å². The number of hydrogen-bond donors (Lipinski definition) is 0. The Labute approximate surface area is 201 Å². The Morgan fingerprint density at radius 1 is 0.912 bits per heavy atom. The predicted molar refractivity (Wildman–Crippen MR) is 133 cm³/mol. The van der Waals surface area contributed by atoms with E-state index in [0.717, 1.165) is 37.2 Å². The highest BCUT2D eigenvalue weighted by Gasteiger charge is 2.38. The first-order chi connectivity index (χ1) is 16.6. The molecule has 0 radical (unpaired) electrons. The van der Waals surface area contributed by atoms with Crippen molar-refractivity contribution in [2.45, 2.75) is 44.9 Å². The highest BCUT2D eigenvalue weighted by atomic mass is 16.5. The number of nitrogens with zero attached hydrogens (tertiary/aromatic N) is 2. The average molecular weight is 457 g/mol. The minimum atomic E-state index is -0.181.